The van der Waals surface area contributed by atoms with E-state index in [1.807, 2.05) is 31.2 Å². The van der Waals surface area contributed by atoms with E-state index >= 15 is 0 Å². The van der Waals surface area contributed by atoms with Crippen molar-refractivity contribution >= 4 is 22.7 Å². The molecule has 4 aromatic rings. The van der Waals surface area contributed by atoms with Gasteiger partial charge >= 0.3 is 0 Å². The van der Waals surface area contributed by atoms with Crippen molar-refractivity contribution in [3.05, 3.63) is 81.6 Å². The minimum absolute atomic E-state index is 0.198. The fourth-order valence-corrected chi connectivity index (χ4v) is 4.65. The zero-order chi connectivity index (χ0) is 23.5. The second-order valence-corrected chi connectivity index (χ2v) is 8.63. The van der Waals surface area contributed by atoms with Gasteiger partial charge in [-0.25, -0.2) is 4.98 Å². The fraction of sp³-hybridized carbons (Fsp3) is 0.231. The molecule has 0 spiro atoms. The Kier molecular flexibility index (Phi) is 6.60. The van der Waals surface area contributed by atoms with Gasteiger partial charge in [0, 0.05) is 5.75 Å². The molecule has 0 saturated carbocycles. The highest BCUT2D eigenvalue weighted by Crippen LogP contribution is 2.42. The van der Waals surface area contributed by atoms with Crippen LogP contribution in [0.2, 0.25) is 0 Å². The standard InChI is InChI=1S/C26H26N2O4S/c1-16-9-11-18(12-10-16)15-33-26-27-22-20(14-21(30-3)23(31-4)24(22)32-5)25(29)28(26)19-8-6-7-17(2)13-19/h6-14H,15H2,1-5H3. The molecule has 0 atom stereocenters. The summed E-state index contributed by atoms with van der Waals surface area (Å²) < 4.78 is 18.2. The molecule has 6 nitrogen and oxygen atoms in total. The maximum absolute atomic E-state index is 13.8. The summed E-state index contributed by atoms with van der Waals surface area (Å²) in [6.45, 7) is 4.06. The number of hydrogen-bond donors (Lipinski definition) is 0. The quantitative estimate of drug-likeness (QED) is 0.274. The Morgan fingerprint density at radius 1 is 0.879 bits per heavy atom. The lowest BCUT2D eigenvalue weighted by molar-refractivity contribution is 0.326. The largest absolute Gasteiger partial charge is 0.493 e. The maximum atomic E-state index is 13.8. The second-order valence-electron chi connectivity index (χ2n) is 7.69. The molecular weight excluding hydrogens is 436 g/mol. The zero-order valence-corrected chi connectivity index (χ0v) is 20.2. The Morgan fingerprint density at radius 3 is 2.24 bits per heavy atom. The number of benzene rings is 3. The molecule has 0 unspecified atom stereocenters. The summed E-state index contributed by atoms with van der Waals surface area (Å²) in [4.78, 5) is 18.7. The number of fused-ring (bicyclic) bond motifs is 1. The van der Waals surface area contributed by atoms with Crippen LogP contribution in [0.1, 0.15) is 16.7 Å². The maximum Gasteiger partial charge on any atom is 0.266 e. The molecule has 0 fully saturated rings. The first-order valence-corrected chi connectivity index (χ1v) is 11.5. The molecule has 0 saturated heterocycles. The molecule has 33 heavy (non-hydrogen) atoms. The number of ether oxygens (including phenoxy) is 3. The van der Waals surface area contributed by atoms with Crippen LogP contribution in [0.25, 0.3) is 16.6 Å². The van der Waals surface area contributed by atoms with Crippen molar-refractivity contribution in [2.45, 2.75) is 24.8 Å². The first-order chi connectivity index (χ1) is 16.0. The summed E-state index contributed by atoms with van der Waals surface area (Å²) in [5, 5.41) is 0.967. The van der Waals surface area contributed by atoms with Crippen LogP contribution in [-0.4, -0.2) is 30.9 Å². The van der Waals surface area contributed by atoms with E-state index in [1.54, 1.807) is 10.6 Å². The van der Waals surface area contributed by atoms with Gasteiger partial charge in [0.25, 0.3) is 5.56 Å². The van der Waals surface area contributed by atoms with E-state index < -0.39 is 0 Å². The molecule has 1 heterocycles. The van der Waals surface area contributed by atoms with Crippen LogP contribution in [0.4, 0.5) is 0 Å². The third-order valence-corrected chi connectivity index (χ3v) is 6.39. The molecule has 170 valence electrons. The van der Waals surface area contributed by atoms with Crippen molar-refractivity contribution in [3.63, 3.8) is 0 Å². The highest BCUT2D eigenvalue weighted by atomic mass is 32.2. The summed E-state index contributed by atoms with van der Waals surface area (Å²) >= 11 is 1.50. The van der Waals surface area contributed by atoms with Gasteiger partial charge in [-0.15, -0.1) is 0 Å². The second kappa shape index (κ2) is 9.58. The molecule has 3 aromatic carbocycles. The molecule has 0 radical (unpaired) electrons. The van der Waals surface area contributed by atoms with E-state index in [0.29, 0.717) is 39.1 Å². The van der Waals surface area contributed by atoms with Crippen molar-refractivity contribution in [1.29, 1.82) is 0 Å². The molecular formula is C26H26N2O4S. The number of aromatic nitrogens is 2. The van der Waals surface area contributed by atoms with Crippen LogP contribution in [0.15, 0.2) is 64.5 Å². The summed E-state index contributed by atoms with van der Waals surface area (Å²) in [6.07, 6.45) is 0. The van der Waals surface area contributed by atoms with Crippen LogP contribution in [0, 0.1) is 13.8 Å². The third-order valence-electron chi connectivity index (χ3n) is 5.38. The number of thioether (sulfide) groups is 1. The summed E-state index contributed by atoms with van der Waals surface area (Å²) in [5.41, 5.74) is 4.41. The lowest BCUT2D eigenvalue weighted by Gasteiger charge is -2.17. The molecule has 0 aliphatic rings. The average molecular weight is 463 g/mol. The Balaban J connectivity index is 1.97. The molecule has 7 heteroatoms. The van der Waals surface area contributed by atoms with Gasteiger partial charge in [0.05, 0.1) is 32.4 Å². The van der Waals surface area contributed by atoms with Gasteiger partial charge in [0.2, 0.25) is 5.75 Å². The van der Waals surface area contributed by atoms with Crippen molar-refractivity contribution in [2.24, 2.45) is 0 Å². The van der Waals surface area contributed by atoms with Crippen LogP contribution in [-0.2, 0) is 5.75 Å². The number of hydrogen-bond acceptors (Lipinski definition) is 6. The zero-order valence-electron chi connectivity index (χ0n) is 19.3. The van der Waals surface area contributed by atoms with Gasteiger partial charge in [-0.2, -0.15) is 0 Å². The van der Waals surface area contributed by atoms with Gasteiger partial charge in [-0.3, -0.25) is 9.36 Å². The van der Waals surface area contributed by atoms with E-state index in [0.717, 1.165) is 16.8 Å². The Morgan fingerprint density at radius 2 is 1.61 bits per heavy atom. The lowest BCUT2D eigenvalue weighted by atomic mass is 10.2. The number of aryl methyl sites for hydroxylation is 2. The van der Waals surface area contributed by atoms with Crippen molar-refractivity contribution in [1.82, 2.24) is 9.55 Å². The highest BCUT2D eigenvalue weighted by molar-refractivity contribution is 7.98. The molecule has 0 aliphatic carbocycles. The Labute approximate surface area is 197 Å². The normalized spacial score (nSPS) is 10.9. The summed E-state index contributed by atoms with van der Waals surface area (Å²) in [7, 11) is 4.60. The lowest BCUT2D eigenvalue weighted by Crippen LogP contribution is -2.22. The van der Waals surface area contributed by atoms with Crippen molar-refractivity contribution < 1.29 is 14.2 Å². The van der Waals surface area contributed by atoms with Crippen LogP contribution < -0.4 is 19.8 Å². The molecule has 0 bridgehead atoms. The Bertz CT molecular complexity index is 1360. The van der Waals surface area contributed by atoms with E-state index in [1.165, 1.54) is 38.7 Å². The van der Waals surface area contributed by atoms with Crippen LogP contribution in [0.3, 0.4) is 0 Å². The molecule has 0 amide bonds. The average Bonchev–Trinajstić information content (AvgIpc) is 2.82. The predicted molar refractivity (Wildman–Crippen MR) is 132 cm³/mol. The SMILES string of the molecule is COc1cc2c(=O)n(-c3cccc(C)c3)c(SCc3ccc(C)cc3)nc2c(OC)c1OC. The Hall–Kier alpha value is -3.45. The van der Waals surface area contributed by atoms with E-state index in [-0.39, 0.29) is 5.56 Å². The predicted octanol–water partition coefficient (Wildman–Crippen LogP) is 5.32. The minimum atomic E-state index is -0.198. The van der Waals surface area contributed by atoms with Gasteiger partial charge in [-0.05, 0) is 43.2 Å². The van der Waals surface area contributed by atoms with Crippen molar-refractivity contribution in [2.75, 3.05) is 21.3 Å². The van der Waals surface area contributed by atoms with E-state index in [4.69, 9.17) is 19.2 Å². The van der Waals surface area contributed by atoms with E-state index in [2.05, 4.69) is 31.2 Å². The molecule has 4 rings (SSSR count). The third kappa shape index (κ3) is 4.41. The monoisotopic (exact) mass is 462 g/mol. The highest BCUT2D eigenvalue weighted by Gasteiger charge is 2.22. The fourth-order valence-electron chi connectivity index (χ4n) is 3.69. The summed E-state index contributed by atoms with van der Waals surface area (Å²) in [5.74, 6) is 1.86. The van der Waals surface area contributed by atoms with Gasteiger partial charge in [0.1, 0.15) is 5.52 Å². The first-order valence-electron chi connectivity index (χ1n) is 10.5. The summed E-state index contributed by atoms with van der Waals surface area (Å²) in [6, 6.07) is 17.8. The van der Waals surface area contributed by atoms with Gasteiger partial charge < -0.3 is 14.2 Å². The topological polar surface area (TPSA) is 62.6 Å². The number of methoxy groups -OCH3 is 3. The number of rotatable bonds is 7. The molecule has 0 N–H and O–H groups in total. The van der Waals surface area contributed by atoms with Crippen molar-refractivity contribution in [3.8, 4) is 22.9 Å². The first kappa shape index (κ1) is 22.7. The smallest absolute Gasteiger partial charge is 0.266 e. The minimum Gasteiger partial charge on any atom is -0.493 e. The van der Waals surface area contributed by atoms with Crippen LogP contribution in [0.5, 0.6) is 17.2 Å². The van der Waals surface area contributed by atoms with Gasteiger partial charge in [-0.1, -0.05) is 53.7 Å². The van der Waals surface area contributed by atoms with E-state index in [9.17, 15) is 4.79 Å². The molecule has 1 aromatic heterocycles. The van der Waals surface area contributed by atoms with Gasteiger partial charge in [0.15, 0.2) is 16.7 Å². The number of nitrogens with zero attached hydrogens (tertiary/aromatic N) is 2. The molecule has 0 aliphatic heterocycles. The van der Waals surface area contributed by atoms with Crippen LogP contribution >= 0.6 is 11.8 Å².